The van der Waals surface area contributed by atoms with Crippen LogP contribution in [0.1, 0.15) is 71.1 Å². The number of halogens is 1. The van der Waals surface area contributed by atoms with Crippen LogP contribution in [0.3, 0.4) is 0 Å². The van der Waals surface area contributed by atoms with Crippen LogP contribution in [0, 0.1) is 11.8 Å². The predicted octanol–water partition coefficient (Wildman–Crippen LogP) is 3.76. The summed E-state index contributed by atoms with van der Waals surface area (Å²) in [6.45, 7) is 4.14. The number of hydrogen-bond donors (Lipinski definition) is 1. The van der Waals surface area contributed by atoms with E-state index in [0.717, 1.165) is 38.3 Å². The number of carbonyl (C=O) groups is 1. The van der Waals surface area contributed by atoms with E-state index >= 15 is 0 Å². The van der Waals surface area contributed by atoms with Crippen molar-refractivity contribution in [2.45, 2.75) is 83.2 Å². The van der Waals surface area contributed by atoms with Crippen LogP contribution in [0.4, 0.5) is 0 Å². The largest absolute Gasteiger partial charge is 0.341 e. The van der Waals surface area contributed by atoms with Crippen LogP contribution in [-0.4, -0.2) is 36.0 Å². The van der Waals surface area contributed by atoms with Crippen molar-refractivity contribution in [2.75, 3.05) is 13.1 Å². The van der Waals surface area contributed by atoms with Gasteiger partial charge in [0.05, 0.1) is 0 Å². The van der Waals surface area contributed by atoms with E-state index in [1.165, 1.54) is 44.9 Å². The van der Waals surface area contributed by atoms with Crippen molar-refractivity contribution in [1.29, 1.82) is 0 Å². The third-order valence-corrected chi connectivity index (χ3v) is 6.02. The number of likely N-dealkylation sites (tertiary alicyclic amines) is 1. The third-order valence-electron chi connectivity index (χ3n) is 6.02. The molecule has 1 saturated carbocycles. The van der Waals surface area contributed by atoms with E-state index in [0.29, 0.717) is 18.0 Å². The number of hydrogen-bond acceptors (Lipinski definition) is 2. The van der Waals surface area contributed by atoms with Crippen molar-refractivity contribution in [1.82, 2.24) is 10.2 Å². The maximum Gasteiger partial charge on any atom is 0.225 e. The van der Waals surface area contributed by atoms with Gasteiger partial charge in [-0.25, -0.2) is 0 Å². The molecule has 128 valence electrons. The third kappa shape index (κ3) is 4.38. The quantitative estimate of drug-likeness (QED) is 0.852. The maximum atomic E-state index is 12.9. The van der Waals surface area contributed by atoms with Crippen LogP contribution in [-0.2, 0) is 4.79 Å². The summed E-state index contributed by atoms with van der Waals surface area (Å²) in [5.41, 5.74) is 0. The molecule has 3 atom stereocenters. The molecule has 2 bridgehead atoms. The number of carbonyl (C=O) groups excluding carboxylic acids is 1. The minimum Gasteiger partial charge on any atom is -0.341 e. The Morgan fingerprint density at radius 1 is 1.09 bits per heavy atom. The lowest BCUT2D eigenvalue weighted by molar-refractivity contribution is -0.136. The molecule has 4 heteroatoms. The Balaban J connectivity index is 0.00000176. The smallest absolute Gasteiger partial charge is 0.225 e. The van der Waals surface area contributed by atoms with Gasteiger partial charge in [0.1, 0.15) is 0 Å². The first-order valence-corrected chi connectivity index (χ1v) is 9.31. The molecule has 0 spiro atoms. The average Bonchev–Trinajstić information content (AvgIpc) is 2.84. The summed E-state index contributed by atoms with van der Waals surface area (Å²) in [6, 6.07) is 1.24. The summed E-state index contributed by atoms with van der Waals surface area (Å²) in [4.78, 5) is 15.1. The lowest BCUT2D eigenvalue weighted by Gasteiger charge is -2.31. The minimum atomic E-state index is 0. The molecule has 3 aliphatic rings. The molecule has 0 aromatic rings. The van der Waals surface area contributed by atoms with Gasteiger partial charge < -0.3 is 10.2 Å². The van der Waals surface area contributed by atoms with Gasteiger partial charge >= 0.3 is 0 Å². The molecule has 22 heavy (non-hydrogen) atoms. The fourth-order valence-corrected chi connectivity index (χ4v) is 4.67. The molecule has 3 fully saturated rings. The van der Waals surface area contributed by atoms with E-state index in [1.54, 1.807) is 0 Å². The molecule has 1 N–H and O–H groups in total. The lowest BCUT2D eigenvalue weighted by Crippen LogP contribution is -2.42. The fourth-order valence-electron chi connectivity index (χ4n) is 4.67. The number of amides is 1. The van der Waals surface area contributed by atoms with Gasteiger partial charge in [0.15, 0.2) is 0 Å². The normalized spacial score (nSPS) is 30.5. The predicted molar refractivity (Wildman–Crippen MR) is 93.4 cm³/mol. The van der Waals surface area contributed by atoms with Crippen molar-refractivity contribution in [3.05, 3.63) is 0 Å². The molecule has 1 aliphatic carbocycles. The van der Waals surface area contributed by atoms with E-state index < -0.39 is 0 Å². The van der Waals surface area contributed by atoms with Gasteiger partial charge in [-0.05, 0) is 38.0 Å². The first kappa shape index (κ1) is 18.1. The second kappa shape index (κ2) is 8.54. The Morgan fingerprint density at radius 2 is 1.82 bits per heavy atom. The topological polar surface area (TPSA) is 32.3 Å². The van der Waals surface area contributed by atoms with E-state index in [9.17, 15) is 4.79 Å². The Bertz CT molecular complexity index is 357. The molecule has 0 radical (unpaired) electrons. The van der Waals surface area contributed by atoms with Gasteiger partial charge in [-0.2, -0.15) is 0 Å². The zero-order valence-electron chi connectivity index (χ0n) is 14.1. The molecule has 3 rings (SSSR count). The minimum absolute atomic E-state index is 0. The van der Waals surface area contributed by atoms with Crippen LogP contribution in [0.15, 0.2) is 0 Å². The second-order valence-electron chi connectivity index (χ2n) is 7.56. The summed E-state index contributed by atoms with van der Waals surface area (Å²) in [6.07, 6.45) is 12.8. The van der Waals surface area contributed by atoms with Crippen molar-refractivity contribution < 1.29 is 4.79 Å². The van der Waals surface area contributed by atoms with Crippen LogP contribution in [0.25, 0.3) is 0 Å². The van der Waals surface area contributed by atoms with Gasteiger partial charge in [0, 0.05) is 31.1 Å². The van der Waals surface area contributed by atoms with Crippen LogP contribution in [0.5, 0.6) is 0 Å². The second-order valence-corrected chi connectivity index (χ2v) is 7.56. The Morgan fingerprint density at radius 3 is 2.55 bits per heavy atom. The first-order valence-electron chi connectivity index (χ1n) is 9.31. The monoisotopic (exact) mass is 328 g/mol. The molecular weight excluding hydrogens is 296 g/mol. The fraction of sp³-hybridized carbons (Fsp3) is 0.944. The van der Waals surface area contributed by atoms with Crippen LogP contribution >= 0.6 is 12.4 Å². The highest BCUT2D eigenvalue weighted by Gasteiger charge is 2.33. The molecule has 0 aromatic heterocycles. The molecule has 3 nitrogen and oxygen atoms in total. The van der Waals surface area contributed by atoms with E-state index in [4.69, 9.17) is 0 Å². The summed E-state index contributed by atoms with van der Waals surface area (Å²) in [5.74, 6) is 1.55. The molecule has 2 aliphatic heterocycles. The summed E-state index contributed by atoms with van der Waals surface area (Å²) in [7, 11) is 0. The highest BCUT2D eigenvalue weighted by atomic mass is 35.5. The highest BCUT2D eigenvalue weighted by molar-refractivity contribution is 5.85. The van der Waals surface area contributed by atoms with Gasteiger partial charge in [-0.15, -0.1) is 12.4 Å². The van der Waals surface area contributed by atoms with Crippen molar-refractivity contribution in [3.63, 3.8) is 0 Å². The standard InChI is InChI=1S/C18H32N2O.ClH/c1-2-15(12-14-6-4-3-5-7-14)18(21)20-11-10-16-8-9-17(13-20)19-16;/h14-17,19H,2-13H2,1H3;1H. The Hall–Kier alpha value is -0.280. The molecule has 2 heterocycles. The Kier molecular flexibility index (Phi) is 7.01. The lowest BCUT2D eigenvalue weighted by atomic mass is 9.81. The van der Waals surface area contributed by atoms with Crippen molar-refractivity contribution >= 4 is 18.3 Å². The Labute approximate surface area is 142 Å². The number of fused-ring (bicyclic) bond motifs is 2. The average molecular weight is 329 g/mol. The number of rotatable bonds is 4. The molecular formula is C18H33ClN2O. The summed E-state index contributed by atoms with van der Waals surface area (Å²) < 4.78 is 0. The summed E-state index contributed by atoms with van der Waals surface area (Å²) in [5, 5.41) is 3.68. The SMILES string of the molecule is CCC(CC1CCCCC1)C(=O)N1CCC2CCC(C1)N2.Cl. The molecule has 0 aromatic carbocycles. The maximum absolute atomic E-state index is 12.9. The number of nitrogens with zero attached hydrogens (tertiary/aromatic N) is 1. The molecule has 3 unspecified atom stereocenters. The van der Waals surface area contributed by atoms with Gasteiger partial charge in [0.2, 0.25) is 5.91 Å². The highest BCUT2D eigenvalue weighted by Crippen LogP contribution is 2.31. The van der Waals surface area contributed by atoms with Crippen LogP contribution < -0.4 is 5.32 Å². The van der Waals surface area contributed by atoms with E-state index in [1.807, 2.05) is 0 Å². The van der Waals surface area contributed by atoms with Gasteiger partial charge in [-0.3, -0.25) is 4.79 Å². The zero-order valence-corrected chi connectivity index (χ0v) is 14.9. The first-order chi connectivity index (χ1) is 10.3. The van der Waals surface area contributed by atoms with Crippen molar-refractivity contribution in [2.24, 2.45) is 11.8 Å². The van der Waals surface area contributed by atoms with Gasteiger partial charge in [0.25, 0.3) is 0 Å². The van der Waals surface area contributed by atoms with E-state index in [2.05, 4.69) is 17.1 Å². The molecule has 1 amide bonds. The number of nitrogens with one attached hydrogen (secondary N) is 1. The molecule has 2 saturated heterocycles. The van der Waals surface area contributed by atoms with E-state index in [-0.39, 0.29) is 18.3 Å². The summed E-state index contributed by atoms with van der Waals surface area (Å²) >= 11 is 0. The van der Waals surface area contributed by atoms with Gasteiger partial charge in [-0.1, -0.05) is 39.0 Å². The van der Waals surface area contributed by atoms with Crippen LogP contribution in [0.2, 0.25) is 0 Å². The van der Waals surface area contributed by atoms with Crippen molar-refractivity contribution in [3.8, 4) is 0 Å². The zero-order chi connectivity index (χ0) is 14.7.